The van der Waals surface area contributed by atoms with Gasteiger partial charge in [0.25, 0.3) is 0 Å². The zero-order valence-corrected chi connectivity index (χ0v) is 18.3. The van der Waals surface area contributed by atoms with Crippen molar-refractivity contribution < 1.29 is 14.3 Å². The van der Waals surface area contributed by atoms with Crippen LogP contribution in [0.4, 0.5) is 5.82 Å². The van der Waals surface area contributed by atoms with Crippen molar-refractivity contribution in [3.8, 4) is 5.75 Å². The van der Waals surface area contributed by atoms with E-state index < -0.39 is 5.97 Å². The molecular weight excluding hydrogens is 404 g/mol. The normalized spacial score (nSPS) is 18.7. The molecule has 0 saturated heterocycles. The largest absolute Gasteiger partial charge is 0.487 e. The molecule has 0 spiro atoms. The van der Waals surface area contributed by atoms with Gasteiger partial charge in [0.15, 0.2) is 5.65 Å². The quantitative estimate of drug-likeness (QED) is 0.566. The molecule has 3 heterocycles. The monoisotopic (exact) mass is 428 g/mol. The SMILES string of the molecule is CCOC(=O)c1cnn2ccc(N[C@H](C)c3cc(Cl)cc4c3OC(C)(CC)C4)nc12. The number of nitrogens with one attached hydrogen (secondary N) is 1. The van der Waals surface area contributed by atoms with Crippen LogP contribution in [-0.2, 0) is 11.2 Å². The molecule has 0 amide bonds. The lowest BCUT2D eigenvalue weighted by Crippen LogP contribution is -2.29. The van der Waals surface area contributed by atoms with Gasteiger partial charge in [0, 0.05) is 23.2 Å². The van der Waals surface area contributed by atoms with Crippen LogP contribution in [0.5, 0.6) is 5.75 Å². The fourth-order valence-corrected chi connectivity index (χ4v) is 3.98. The van der Waals surface area contributed by atoms with E-state index in [0.29, 0.717) is 28.7 Å². The van der Waals surface area contributed by atoms with Crippen LogP contribution < -0.4 is 10.1 Å². The zero-order valence-electron chi connectivity index (χ0n) is 17.5. The fraction of sp³-hybridized carbons (Fsp3) is 0.409. The van der Waals surface area contributed by atoms with Gasteiger partial charge in [-0.15, -0.1) is 0 Å². The third-order valence-corrected chi connectivity index (χ3v) is 5.73. The Kier molecular flexibility index (Phi) is 5.32. The van der Waals surface area contributed by atoms with Gasteiger partial charge < -0.3 is 14.8 Å². The molecule has 1 N–H and O–H groups in total. The second-order valence-corrected chi connectivity index (χ2v) is 8.23. The number of fused-ring (bicyclic) bond motifs is 2. The molecule has 158 valence electrons. The number of esters is 1. The molecule has 4 rings (SSSR count). The van der Waals surface area contributed by atoms with E-state index in [1.54, 1.807) is 17.6 Å². The molecule has 1 aromatic carbocycles. The molecule has 30 heavy (non-hydrogen) atoms. The van der Waals surface area contributed by atoms with Crippen molar-refractivity contribution >= 4 is 29.0 Å². The second-order valence-electron chi connectivity index (χ2n) is 7.79. The summed E-state index contributed by atoms with van der Waals surface area (Å²) in [6.07, 6.45) is 4.97. The Morgan fingerprint density at radius 2 is 2.23 bits per heavy atom. The maximum atomic E-state index is 12.2. The number of halogens is 1. The molecule has 3 aromatic rings. The van der Waals surface area contributed by atoms with E-state index in [9.17, 15) is 4.79 Å². The molecular formula is C22H25ClN4O3. The summed E-state index contributed by atoms with van der Waals surface area (Å²) in [7, 11) is 0. The van der Waals surface area contributed by atoms with Gasteiger partial charge in [-0.05, 0) is 51.0 Å². The summed E-state index contributed by atoms with van der Waals surface area (Å²) in [4.78, 5) is 16.7. The minimum absolute atomic E-state index is 0.111. The summed E-state index contributed by atoms with van der Waals surface area (Å²) >= 11 is 6.40. The van der Waals surface area contributed by atoms with E-state index in [1.807, 2.05) is 25.1 Å². The number of hydrogen-bond acceptors (Lipinski definition) is 6. The number of carbonyl (C=O) groups excluding carboxylic acids is 1. The van der Waals surface area contributed by atoms with Crippen molar-refractivity contribution in [1.82, 2.24) is 14.6 Å². The molecule has 1 aliphatic heterocycles. The molecule has 8 heteroatoms. The number of benzene rings is 1. The highest BCUT2D eigenvalue weighted by molar-refractivity contribution is 6.30. The van der Waals surface area contributed by atoms with E-state index in [1.165, 1.54) is 6.20 Å². The molecule has 2 aromatic heterocycles. The topological polar surface area (TPSA) is 77.8 Å². The van der Waals surface area contributed by atoms with Gasteiger partial charge in [0.05, 0.1) is 18.8 Å². The summed E-state index contributed by atoms with van der Waals surface area (Å²) in [6.45, 7) is 8.34. The average Bonchev–Trinajstić information content (AvgIpc) is 3.28. The third-order valence-electron chi connectivity index (χ3n) is 5.52. The van der Waals surface area contributed by atoms with Crippen molar-refractivity contribution in [2.45, 2.75) is 52.2 Å². The van der Waals surface area contributed by atoms with E-state index in [4.69, 9.17) is 21.1 Å². The first kappa shape index (κ1) is 20.5. The average molecular weight is 429 g/mol. The first-order valence-electron chi connectivity index (χ1n) is 10.1. The molecule has 0 bridgehead atoms. The molecule has 0 radical (unpaired) electrons. The van der Waals surface area contributed by atoms with E-state index in [0.717, 1.165) is 29.7 Å². The van der Waals surface area contributed by atoms with Crippen molar-refractivity contribution in [3.63, 3.8) is 0 Å². The maximum absolute atomic E-state index is 12.2. The summed E-state index contributed by atoms with van der Waals surface area (Å²) in [5, 5.41) is 8.26. The lowest BCUT2D eigenvalue weighted by molar-refractivity contribution is 0.0528. The highest BCUT2D eigenvalue weighted by atomic mass is 35.5. The van der Waals surface area contributed by atoms with Crippen LogP contribution in [0.3, 0.4) is 0 Å². The number of hydrogen-bond donors (Lipinski definition) is 1. The zero-order chi connectivity index (χ0) is 21.5. The van der Waals surface area contributed by atoms with Crippen LogP contribution in [0.15, 0.2) is 30.6 Å². The minimum atomic E-state index is -0.440. The van der Waals surface area contributed by atoms with Gasteiger partial charge in [0.1, 0.15) is 22.7 Å². The van der Waals surface area contributed by atoms with Crippen molar-refractivity contribution in [2.75, 3.05) is 11.9 Å². The Hall–Kier alpha value is -2.80. The van der Waals surface area contributed by atoms with Crippen LogP contribution in [0, 0.1) is 0 Å². The molecule has 1 unspecified atom stereocenters. The number of ether oxygens (including phenoxy) is 2. The molecule has 7 nitrogen and oxygen atoms in total. The molecule has 2 atom stereocenters. The summed E-state index contributed by atoms with van der Waals surface area (Å²) in [5.41, 5.74) is 2.66. The Morgan fingerprint density at radius 1 is 1.43 bits per heavy atom. The van der Waals surface area contributed by atoms with Gasteiger partial charge in [-0.1, -0.05) is 18.5 Å². The van der Waals surface area contributed by atoms with E-state index in [-0.39, 0.29) is 11.6 Å². The van der Waals surface area contributed by atoms with Crippen LogP contribution in [0.2, 0.25) is 5.02 Å². The van der Waals surface area contributed by atoms with Crippen LogP contribution in [0.25, 0.3) is 5.65 Å². The van der Waals surface area contributed by atoms with Crippen LogP contribution in [-0.4, -0.2) is 32.8 Å². The Labute approximate surface area is 180 Å². The van der Waals surface area contributed by atoms with Gasteiger partial charge >= 0.3 is 5.97 Å². The Morgan fingerprint density at radius 3 is 2.97 bits per heavy atom. The maximum Gasteiger partial charge on any atom is 0.343 e. The summed E-state index contributed by atoms with van der Waals surface area (Å²) < 4.78 is 13.0. The Balaban J connectivity index is 1.64. The number of aromatic nitrogens is 3. The van der Waals surface area contributed by atoms with Gasteiger partial charge in [-0.25, -0.2) is 14.3 Å². The standard InChI is InChI=1S/C22H25ClN4O3/c1-5-22(4)11-14-9-15(23)10-16(19(14)30-22)13(3)25-18-7-8-27-20(26-18)17(12-24-27)21(28)29-6-2/h7-10,12-13H,5-6,11H2,1-4H3,(H,25,26)/t13-,22?/m1/s1. The van der Waals surface area contributed by atoms with Crippen molar-refractivity contribution in [3.05, 3.63) is 52.3 Å². The highest BCUT2D eigenvalue weighted by Crippen LogP contribution is 2.43. The highest BCUT2D eigenvalue weighted by Gasteiger charge is 2.35. The summed E-state index contributed by atoms with van der Waals surface area (Å²) in [5.74, 6) is 1.07. The van der Waals surface area contributed by atoms with E-state index in [2.05, 4.69) is 29.2 Å². The summed E-state index contributed by atoms with van der Waals surface area (Å²) in [6, 6.07) is 5.62. The van der Waals surface area contributed by atoms with Crippen LogP contribution >= 0.6 is 11.6 Å². The van der Waals surface area contributed by atoms with Gasteiger partial charge in [-0.3, -0.25) is 0 Å². The van der Waals surface area contributed by atoms with E-state index >= 15 is 0 Å². The van der Waals surface area contributed by atoms with Gasteiger partial charge in [0.2, 0.25) is 0 Å². The minimum Gasteiger partial charge on any atom is -0.487 e. The number of carbonyl (C=O) groups is 1. The molecule has 0 saturated carbocycles. The predicted molar refractivity (Wildman–Crippen MR) is 115 cm³/mol. The first-order valence-corrected chi connectivity index (χ1v) is 10.5. The lowest BCUT2D eigenvalue weighted by Gasteiger charge is -2.24. The number of nitrogens with zero attached hydrogens (tertiary/aromatic N) is 3. The number of anilines is 1. The smallest absolute Gasteiger partial charge is 0.343 e. The van der Waals surface area contributed by atoms with Crippen molar-refractivity contribution in [1.29, 1.82) is 0 Å². The first-order chi connectivity index (χ1) is 14.3. The van der Waals surface area contributed by atoms with Crippen molar-refractivity contribution in [2.24, 2.45) is 0 Å². The fourth-order valence-electron chi connectivity index (χ4n) is 3.73. The third kappa shape index (κ3) is 3.69. The molecule has 0 fully saturated rings. The predicted octanol–water partition coefficient (Wildman–Crippen LogP) is 4.84. The molecule has 1 aliphatic rings. The number of rotatable bonds is 6. The van der Waals surface area contributed by atoms with Gasteiger partial charge in [-0.2, -0.15) is 5.10 Å². The lowest BCUT2D eigenvalue weighted by atomic mass is 9.95. The Bertz CT molecular complexity index is 1110. The molecule has 0 aliphatic carbocycles. The second kappa shape index (κ2) is 7.80. The van der Waals surface area contributed by atoms with Crippen LogP contribution in [0.1, 0.15) is 61.6 Å².